The van der Waals surface area contributed by atoms with Crippen molar-refractivity contribution in [3.63, 3.8) is 0 Å². The molecule has 1 atom stereocenters. The predicted molar refractivity (Wildman–Crippen MR) is 95.7 cm³/mol. The molecule has 3 rings (SSSR count). The molecule has 4 heteroatoms. The lowest BCUT2D eigenvalue weighted by molar-refractivity contribution is 0.0765. The summed E-state index contributed by atoms with van der Waals surface area (Å²) in [6.07, 6.45) is 0. The summed E-state index contributed by atoms with van der Waals surface area (Å²) in [7, 11) is 0. The zero-order chi connectivity index (χ0) is 15.7. The first-order valence-corrected chi connectivity index (χ1v) is 9.46. The Labute approximate surface area is 140 Å². The highest BCUT2D eigenvalue weighted by Gasteiger charge is 2.31. The van der Waals surface area contributed by atoms with Crippen LogP contribution >= 0.6 is 23.1 Å². The number of thioether (sulfide) groups is 1. The Balaban J connectivity index is 1.83. The summed E-state index contributed by atoms with van der Waals surface area (Å²) < 4.78 is 0. The van der Waals surface area contributed by atoms with Crippen LogP contribution in [0.1, 0.15) is 46.9 Å². The molecule has 22 heavy (non-hydrogen) atoms. The van der Waals surface area contributed by atoms with Crippen molar-refractivity contribution in [2.24, 2.45) is 0 Å². The minimum atomic E-state index is 0.142. The van der Waals surface area contributed by atoms with E-state index in [1.54, 1.807) is 0 Å². The Morgan fingerprint density at radius 2 is 1.91 bits per heavy atom. The maximum Gasteiger partial charge on any atom is 0.265 e. The third-order valence-corrected chi connectivity index (χ3v) is 6.06. The molecule has 1 fully saturated rings. The first-order valence-electron chi connectivity index (χ1n) is 7.53. The molecule has 1 unspecified atom stereocenters. The summed E-state index contributed by atoms with van der Waals surface area (Å²) >= 11 is 3.37. The molecule has 0 aliphatic carbocycles. The SMILES string of the molecule is CC(C)(C)c1ccc(C2SCCN2C(=O)c2cccs2)cc1. The van der Waals surface area contributed by atoms with E-state index < -0.39 is 0 Å². The van der Waals surface area contributed by atoms with E-state index >= 15 is 0 Å². The van der Waals surface area contributed by atoms with Crippen LogP contribution in [0.4, 0.5) is 0 Å². The van der Waals surface area contributed by atoms with Gasteiger partial charge in [-0.1, -0.05) is 51.1 Å². The smallest absolute Gasteiger partial charge is 0.265 e. The highest BCUT2D eigenvalue weighted by Crippen LogP contribution is 2.39. The Kier molecular flexibility index (Phi) is 4.33. The first-order chi connectivity index (χ1) is 10.5. The van der Waals surface area contributed by atoms with Crippen LogP contribution in [0.25, 0.3) is 0 Å². The Bertz CT molecular complexity index is 641. The van der Waals surface area contributed by atoms with E-state index in [0.717, 1.165) is 17.2 Å². The zero-order valence-corrected chi connectivity index (χ0v) is 14.8. The number of amides is 1. The quantitative estimate of drug-likeness (QED) is 0.777. The van der Waals surface area contributed by atoms with Crippen molar-refractivity contribution < 1.29 is 4.79 Å². The Morgan fingerprint density at radius 1 is 1.18 bits per heavy atom. The molecule has 0 saturated carbocycles. The summed E-state index contributed by atoms with van der Waals surface area (Å²) in [5.74, 6) is 1.16. The van der Waals surface area contributed by atoms with Crippen molar-refractivity contribution in [2.45, 2.75) is 31.6 Å². The number of rotatable bonds is 2. The van der Waals surface area contributed by atoms with Gasteiger partial charge in [0.1, 0.15) is 5.37 Å². The summed E-state index contributed by atoms with van der Waals surface area (Å²) in [6.45, 7) is 7.49. The van der Waals surface area contributed by atoms with Gasteiger partial charge in [0, 0.05) is 12.3 Å². The lowest BCUT2D eigenvalue weighted by Gasteiger charge is -2.25. The topological polar surface area (TPSA) is 20.3 Å². The maximum atomic E-state index is 12.6. The second kappa shape index (κ2) is 6.09. The van der Waals surface area contributed by atoms with E-state index in [1.165, 1.54) is 22.5 Å². The number of hydrogen-bond donors (Lipinski definition) is 0. The van der Waals surface area contributed by atoms with Crippen LogP contribution in [0, 0.1) is 0 Å². The van der Waals surface area contributed by atoms with Gasteiger partial charge in [-0.15, -0.1) is 23.1 Å². The molecule has 0 radical (unpaired) electrons. The van der Waals surface area contributed by atoms with Gasteiger partial charge in [-0.2, -0.15) is 0 Å². The van der Waals surface area contributed by atoms with Crippen LogP contribution in [-0.4, -0.2) is 23.1 Å². The zero-order valence-electron chi connectivity index (χ0n) is 13.2. The summed E-state index contributed by atoms with van der Waals surface area (Å²) in [5.41, 5.74) is 2.71. The molecule has 1 aromatic heterocycles. The molecule has 0 bridgehead atoms. The molecular weight excluding hydrogens is 310 g/mol. The van der Waals surface area contributed by atoms with Gasteiger partial charge in [0.25, 0.3) is 5.91 Å². The number of nitrogens with zero attached hydrogens (tertiary/aromatic N) is 1. The van der Waals surface area contributed by atoms with E-state index in [9.17, 15) is 4.79 Å². The van der Waals surface area contributed by atoms with Gasteiger partial charge in [-0.3, -0.25) is 4.79 Å². The molecule has 1 aliphatic heterocycles. The van der Waals surface area contributed by atoms with Crippen molar-refractivity contribution >= 4 is 29.0 Å². The van der Waals surface area contributed by atoms with E-state index in [4.69, 9.17) is 0 Å². The van der Waals surface area contributed by atoms with Crippen LogP contribution in [0.3, 0.4) is 0 Å². The Hall–Kier alpha value is -1.26. The Morgan fingerprint density at radius 3 is 2.50 bits per heavy atom. The van der Waals surface area contributed by atoms with Gasteiger partial charge < -0.3 is 4.90 Å². The van der Waals surface area contributed by atoms with Crippen molar-refractivity contribution in [3.05, 3.63) is 57.8 Å². The molecule has 116 valence electrons. The van der Waals surface area contributed by atoms with Gasteiger partial charge in [-0.25, -0.2) is 0 Å². The first kappa shape index (κ1) is 15.6. The molecule has 1 aliphatic rings. The summed E-state index contributed by atoms with van der Waals surface area (Å²) in [4.78, 5) is 15.5. The fourth-order valence-corrected chi connectivity index (χ4v) is 4.58. The lowest BCUT2D eigenvalue weighted by atomic mass is 9.87. The van der Waals surface area contributed by atoms with Crippen molar-refractivity contribution in [1.29, 1.82) is 0 Å². The summed E-state index contributed by atoms with van der Waals surface area (Å²) in [6, 6.07) is 12.6. The largest absolute Gasteiger partial charge is 0.321 e. The molecule has 0 spiro atoms. The molecule has 2 heterocycles. The summed E-state index contributed by atoms with van der Waals surface area (Å²) in [5, 5.41) is 2.10. The number of hydrogen-bond acceptors (Lipinski definition) is 3. The normalized spacial score (nSPS) is 18.7. The lowest BCUT2D eigenvalue weighted by Crippen LogP contribution is -2.29. The molecule has 2 nitrogen and oxygen atoms in total. The molecule has 1 amide bonds. The predicted octanol–water partition coefficient (Wildman–Crippen LogP) is 4.93. The molecule has 0 N–H and O–H groups in total. The van der Waals surface area contributed by atoms with Gasteiger partial charge in [0.2, 0.25) is 0 Å². The number of benzene rings is 1. The van der Waals surface area contributed by atoms with Crippen LogP contribution < -0.4 is 0 Å². The second-order valence-electron chi connectivity index (χ2n) is 6.57. The minimum absolute atomic E-state index is 0.142. The second-order valence-corrected chi connectivity index (χ2v) is 8.71. The van der Waals surface area contributed by atoms with Gasteiger partial charge in [0.05, 0.1) is 4.88 Å². The fraction of sp³-hybridized carbons (Fsp3) is 0.389. The maximum absolute atomic E-state index is 12.6. The van der Waals surface area contributed by atoms with Crippen LogP contribution in [0.5, 0.6) is 0 Å². The fourth-order valence-electron chi connectivity index (χ4n) is 2.64. The van der Waals surface area contributed by atoms with Crippen LogP contribution in [0.2, 0.25) is 0 Å². The average Bonchev–Trinajstić information content (AvgIpc) is 3.17. The molecule has 1 saturated heterocycles. The number of carbonyl (C=O) groups is 1. The standard InChI is InChI=1S/C18H21NOS2/c1-18(2,3)14-8-6-13(7-9-14)17-19(10-12-22-17)16(20)15-5-4-11-21-15/h4-9,11,17H,10,12H2,1-3H3. The van der Waals surface area contributed by atoms with Crippen LogP contribution in [-0.2, 0) is 5.41 Å². The van der Waals surface area contributed by atoms with E-state index in [0.29, 0.717) is 0 Å². The number of carbonyl (C=O) groups excluding carboxylic acids is 1. The average molecular weight is 332 g/mol. The van der Waals surface area contributed by atoms with E-state index in [2.05, 4.69) is 45.0 Å². The van der Waals surface area contributed by atoms with Crippen molar-refractivity contribution in [1.82, 2.24) is 4.90 Å². The third kappa shape index (κ3) is 3.08. The third-order valence-electron chi connectivity index (χ3n) is 3.95. The monoisotopic (exact) mass is 331 g/mol. The van der Waals surface area contributed by atoms with Crippen LogP contribution in [0.15, 0.2) is 41.8 Å². The number of thiophene rings is 1. The van der Waals surface area contributed by atoms with Crippen molar-refractivity contribution in [3.8, 4) is 0 Å². The molecule has 2 aromatic rings. The van der Waals surface area contributed by atoms with Gasteiger partial charge >= 0.3 is 0 Å². The molecular formula is C18H21NOS2. The van der Waals surface area contributed by atoms with E-state index in [1.807, 2.05) is 34.2 Å². The molecule has 1 aromatic carbocycles. The van der Waals surface area contributed by atoms with Gasteiger partial charge in [0.15, 0.2) is 0 Å². The van der Waals surface area contributed by atoms with Gasteiger partial charge in [-0.05, 0) is 28.0 Å². The van der Waals surface area contributed by atoms with E-state index in [-0.39, 0.29) is 16.7 Å². The minimum Gasteiger partial charge on any atom is -0.321 e. The highest BCUT2D eigenvalue weighted by molar-refractivity contribution is 7.99. The van der Waals surface area contributed by atoms with Crippen molar-refractivity contribution in [2.75, 3.05) is 12.3 Å². The highest BCUT2D eigenvalue weighted by atomic mass is 32.2.